The molecule has 1 heterocycles. The van der Waals surface area contributed by atoms with Crippen LogP contribution in [0.3, 0.4) is 0 Å². The summed E-state index contributed by atoms with van der Waals surface area (Å²) in [6, 6.07) is 21.2. The van der Waals surface area contributed by atoms with Crippen LogP contribution < -0.4 is 5.32 Å². The molecule has 0 bridgehead atoms. The number of benzene rings is 2. The number of fused-ring (bicyclic) bond motifs is 1. The number of carbonyl (C=O) groups excluding carboxylic acids is 1. The van der Waals surface area contributed by atoms with Crippen molar-refractivity contribution in [1.29, 1.82) is 0 Å². The maximum absolute atomic E-state index is 12.8. The summed E-state index contributed by atoms with van der Waals surface area (Å²) in [4.78, 5) is 16.6. The Labute approximate surface area is 163 Å². The minimum atomic E-state index is -0.819. The summed E-state index contributed by atoms with van der Waals surface area (Å²) < 4.78 is 0. The minimum Gasteiger partial charge on any atom is -0.340 e. The minimum absolute atomic E-state index is 0.0171. The molecule has 1 N–H and O–H groups in total. The second kappa shape index (κ2) is 7.01. The van der Waals surface area contributed by atoms with Gasteiger partial charge in [0.05, 0.1) is 16.3 Å². The van der Waals surface area contributed by atoms with Crippen molar-refractivity contribution in [3.05, 3.63) is 96.2 Å². The molecule has 2 unspecified atom stereocenters. The maximum Gasteiger partial charge on any atom is 0.171 e. The lowest BCUT2D eigenvalue weighted by molar-refractivity contribution is 0.0932. The van der Waals surface area contributed by atoms with Gasteiger partial charge in [-0.25, -0.2) is 4.98 Å². The Hall–Kier alpha value is -2.91. The number of pyridine rings is 1. The topological polar surface area (TPSA) is 42.0 Å². The number of hydrogen-bond donors (Lipinski definition) is 1. The van der Waals surface area contributed by atoms with E-state index in [0.29, 0.717) is 5.56 Å². The summed E-state index contributed by atoms with van der Waals surface area (Å²) in [6.45, 7) is 1.86. The Morgan fingerprint density at radius 1 is 1.04 bits per heavy atom. The highest BCUT2D eigenvalue weighted by Crippen LogP contribution is 2.35. The third-order valence-electron chi connectivity index (χ3n) is 4.73. The maximum atomic E-state index is 12.8. The van der Waals surface area contributed by atoms with Crippen LogP contribution in [0.1, 0.15) is 17.3 Å². The van der Waals surface area contributed by atoms with Crippen LogP contribution in [0.5, 0.6) is 0 Å². The lowest BCUT2D eigenvalue weighted by atomic mass is 9.82. The predicted octanol–water partition coefficient (Wildman–Crippen LogP) is 5.60. The molecule has 0 spiro atoms. The zero-order valence-corrected chi connectivity index (χ0v) is 15.6. The van der Waals surface area contributed by atoms with Crippen molar-refractivity contribution in [2.24, 2.45) is 5.92 Å². The molecule has 134 valence electrons. The lowest BCUT2D eigenvalue weighted by Gasteiger charge is -2.30. The summed E-state index contributed by atoms with van der Waals surface area (Å²) >= 11 is 6.73. The van der Waals surface area contributed by atoms with E-state index < -0.39 is 10.8 Å². The summed E-state index contributed by atoms with van der Waals surface area (Å²) in [5.74, 6) is 0.338. The molecule has 0 amide bonds. The largest absolute Gasteiger partial charge is 0.340 e. The fraction of sp³-hybridized carbons (Fsp3) is 0.130. The first kappa shape index (κ1) is 17.5. The summed E-state index contributed by atoms with van der Waals surface area (Å²) in [5.41, 5.74) is 2.42. The van der Waals surface area contributed by atoms with Crippen molar-refractivity contribution in [2.75, 3.05) is 5.32 Å². The first-order valence-corrected chi connectivity index (χ1v) is 9.23. The molecule has 0 saturated heterocycles. The van der Waals surface area contributed by atoms with E-state index in [1.807, 2.05) is 91.9 Å². The summed E-state index contributed by atoms with van der Waals surface area (Å²) in [7, 11) is 0. The number of alkyl halides is 1. The molecule has 1 aromatic heterocycles. The quantitative estimate of drug-likeness (QED) is 0.477. The standard InChI is InChI=1S/C23H19ClN2O/c1-23(24)15-18(12-13-19(23)22(27)17-8-3-2-4-9-17)25-21-14-11-16-7-5-6-10-20(16)26-21/h2-15,19H,1H3,(H,25,26). The van der Waals surface area contributed by atoms with Gasteiger partial charge in [0.1, 0.15) is 5.82 Å². The molecular formula is C23H19ClN2O. The van der Waals surface area contributed by atoms with Gasteiger partial charge in [-0.05, 0) is 37.3 Å². The Morgan fingerprint density at radius 3 is 2.56 bits per heavy atom. The van der Waals surface area contributed by atoms with Crippen molar-refractivity contribution in [3.8, 4) is 0 Å². The van der Waals surface area contributed by atoms with Gasteiger partial charge in [0, 0.05) is 16.6 Å². The van der Waals surface area contributed by atoms with Crippen molar-refractivity contribution in [1.82, 2.24) is 4.98 Å². The summed E-state index contributed by atoms with van der Waals surface area (Å²) in [5, 5.41) is 4.39. The van der Waals surface area contributed by atoms with Crippen LogP contribution >= 0.6 is 11.6 Å². The van der Waals surface area contributed by atoms with E-state index in [4.69, 9.17) is 11.6 Å². The molecule has 0 fully saturated rings. The van der Waals surface area contributed by atoms with Gasteiger partial charge in [-0.2, -0.15) is 0 Å². The average molecular weight is 375 g/mol. The number of rotatable bonds is 4. The number of hydrogen-bond acceptors (Lipinski definition) is 3. The van der Waals surface area contributed by atoms with Gasteiger partial charge >= 0.3 is 0 Å². The van der Waals surface area contributed by atoms with Crippen LogP contribution in [-0.4, -0.2) is 15.6 Å². The molecule has 0 saturated carbocycles. The zero-order chi connectivity index (χ0) is 18.9. The van der Waals surface area contributed by atoms with Crippen LogP contribution in [0, 0.1) is 5.92 Å². The SMILES string of the molecule is CC1(Cl)C=C(Nc2ccc3ccccc3n2)C=CC1C(=O)c1ccccc1. The number of Topliss-reactive ketones (excluding diaryl/α,β-unsaturated/α-hetero) is 1. The van der Waals surface area contributed by atoms with Gasteiger partial charge in [0.15, 0.2) is 5.78 Å². The van der Waals surface area contributed by atoms with Crippen LogP contribution in [0.15, 0.2) is 90.7 Å². The van der Waals surface area contributed by atoms with E-state index in [1.54, 1.807) is 0 Å². The van der Waals surface area contributed by atoms with E-state index in [2.05, 4.69) is 10.3 Å². The van der Waals surface area contributed by atoms with Crippen LogP contribution in [0.4, 0.5) is 5.82 Å². The molecule has 3 nitrogen and oxygen atoms in total. The number of ketones is 1. The highest BCUT2D eigenvalue weighted by Gasteiger charge is 2.36. The lowest BCUT2D eigenvalue weighted by Crippen LogP contribution is -2.34. The molecule has 0 aliphatic heterocycles. The summed E-state index contributed by atoms with van der Waals surface area (Å²) in [6.07, 6.45) is 5.65. The Morgan fingerprint density at radius 2 is 1.78 bits per heavy atom. The molecule has 2 atom stereocenters. The molecule has 27 heavy (non-hydrogen) atoms. The second-order valence-electron chi connectivity index (χ2n) is 6.83. The monoisotopic (exact) mass is 374 g/mol. The zero-order valence-electron chi connectivity index (χ0n) is 14.9. The van der Waals surface area contributed by atoms with Crippen LogP contribution in [0.25, 0.3) is 10.9 Å². The van der Waals surface area contributed by atoms with Gasteiger partial charge < -0.3 is 5.32 Å². The number of anilines is 1. The van der Waals surface area contributed by atoms with Crippen LogP contribution in [0.2, 0.25) is 0 Å². The molecule has 4 rings (SSSR count). The average Bonchev–Trinajstić information content (AvgIpc) is 2.67. The Kier molecular flexibility index (Phi) is 4.54. The highest BCUT2D eigenvalue weighted by atomic mass is 35.5. The second-order valence-corrected chi connectivity index (χ2v) is 7.65. The Bertz CT molecular complexity index is 1050. The molecule has 4 heteroatoms. The van der Waals surface area contributed by atoms with Gasteiger partial charge in [-0.15, -0.1) is 11.6 Å². The molecule has 1 aliphatic carbocycles. The van der Waals surface area contributed by atoms with Gasteiger partial charge in [0.2, 0.25) is 0 Å². The number of carbonyl (C=O) groups is 1. The van der Waals surface area contributed by atoms with Gasteiger partial charge in [-0.3, -0.25) is 4.79 Å². The fourth-order valence-electron chi connectivity index (χ4n) is 3.32. The van der Waals surface area contributed by atoms with Gasteiger partial charge in [-0.1, -0.05) is 54.6 Å². The molecular weight excluding hydrogens is 356 g/mol. The number of aromatic nitrogens is 1. The molecule has 3 aromatic rings. The van der Waals surface area contributed by atoms with Crippen molar-refractivity contribution < 1.29 is 4.79 Å². The van der Waals surface area contributed by atoms with E-state index in [-0.39, 0.29) is 5.78 Å². The third kappa shape index (κ3) is 3.64. The van der Waals surface area contributed by atoms with E-state index in [0.717, 1.165) is 22.4 Å². The van der Waals surface area contributed by atoms with Crippen molar-refractivity contribution in [3.63, 3.8) is 0 Å². The first-order chi connectivity index (χ1) is 13.0. The Balaban J connectivity index is 1.56. The number of para-hydroxylation sites is 1. The molecule has 1 aliphatic rings. The third-order valence-corrected chi connectivity index (χ3v) is 5.07. The number of nitrogens with one attached hydrogen (secondary N) is 1. The fourth-order valence-corrected chi connectivity index (χ4v) is 3.61. The van der Waals surface area contributed by atoms with E-state index in [1.165, 1.54) is 0 Å². The van der Waals surface area contributed by atoms with Crippen LogP contribution in [-0.2, 0) is 0 Å². The highest BCUT2D eigenvalue weighted by molar-refractivity contribution is 6.28. The van der Waals surface area contributed by atoms with Gasteiger partial charge in [0.25, 0.3) is 0 Å². The normalized spacial score (nSPS) is 21.7. The number of halogens is 1. The molecule has 2 aromatic carbocycles. The van der Waals surface area contributed by atoms with E-state index >= 15 is 0 Å². The van der Waals surface area contributed by atoms with Crippen molar-refractivity contribution >= 4 is 34.1 Å². The number of nitrogens with zero attached hydrogens (tertiary/aromatic N) is 1. The smallest absolute Gasteiger partial charge is 0.171 e. The number of allylic oxidation sites excluding steroid dienone is 3. The first-order valence-electron chi connectivity index (χ1n) is 8.85. The van der Waals surface area contributed by atoms with Crippen molar-refractivity contribution in [2.45, 2.75) is 11.8 Å². The van der Waals surface area contributed by atoms with E-state index in [9.17, 15) is 4.79 Å². The molecule has 0 radical (unpaired) electrons. The predicted molar refractivity (Wildman–Crippen MR) is 111 cm³/mol.